The number of benzene rings is 1. The number of carbonyl (C=O) groups is 1. The van der Waals surface area contributed by atoms with Crippen molar-refractivity contribution in [1.82, 2.24) is 9.47 Å². The molecular weight excluding hydrogens is 402 g/mol. The molecule has 170 valence electrons. The van der Waals surface area contributed by atoms with Crippen LogP contribution in [0.4, 0.5) is 0 Å². The van der Waals surface area contributed by atoms with Crippen molar-refractivity contribution in [2.75, 3.05) is 6.54 Å². The Morgan fingerprint density at radius 2 is 1.84 bits per heavy atom. The minimum atomic E-state index is -0.756. The van der Waals surface area contributed by atoms with Gasteiger partial charge in [-0.05, 0) is 80.2 Å². The second-order valence-corrected chi connectivity index (χ2v) is 9.74. The molecule has 6 heteroatoms. The van der Waals surface area contributed by atoms with Crippen molar-refractivity contribution in [3.63, 3.8) is 0 Å². The van der Waals surface area contributed by atoms with Gasteiger partial charge in [0, 0.05) is 41.6 Å². The fourth-order valence-electron chi connectivity index (χ4n) is 5.04. The van der Waals surface area contributed by atoms with Crippen molar-refractivity contribution < 1.29 is 4.79 Å². The van der Waals surface area contributed by atoms with E-state index in [0.29, 0.717) is 36.4 Å². The molecule has 1 saturated carbocycles. The van der Waals surface area contributed by atoms with E-state index in [1.807, 2.05) is 16.7 Å². The Morgan fingerprint density at radius 1 is 1.09 bits per heavy atom. The number of amides is 1. The number of nitroso groups, excluding NO2 is 1. The fourth-order valence-corrected chi connectivity index (χ4v) is 5.04. The van der Waals surface area contributed by atoms with Crippen LogP contribution in [0, 0.1) is 10.8 Å². The van der Waals surface area contributed by atoms with Gasteiger partial charge in [-0.25, -0.2) is 0 Å². The molecule has 4 rings (SSSR count). The van der Waals surface area contributed by atoms with Crippen LogP contribution in [0.2, 0.25) is 0 Å². The second kappa shape index (κ2) is 9.90. The number of aromatic nitrogens is 1. The highest BCUT2D eigenvalue weighted by Gasteiger charge is 2.31. The highest BCUT2D eigenvalue weighted by molar-refractivity contribution is 5.94. The zero-order valence-electron chi connectivity index (χ0n) is 19.1. The quantitative estimate of drug-likeness (QED) is 0.526. The van der Waals surface area contributed by atoms with Gasteiger partial charge in [0.05, 0.1) is 0 Å². The summed E-state index contributed by atoms with van der Waals surface area (Å²) in [6.07, 6.45) is 6.79. The third-order valence-electron chi connectivity index (χ3n) is 6.85. The number of hydrogen-bond donors (Lipinski definition) is 0. The minimum absolute atomic E-state index is 0.0564. The molecule has 1 saturated heterocycles. The van der Waals surface area contributed by atoms with Crippen LogP contribution < -0.4 is 5.56 Å². The molecule has 2 heterocycles. The van der Waals surface area contributed by atoms with E-state index in [-0.39, 0.29) is 5.56 Å². The number of aryl methyl sites for hydroxylation is 1. The summed E-state index contributed by atoms with van der Waals surface area (Å²) in [7, 11) is 0. The lowest BCUT2D eigenvalue weighted by molar-refractivity contribution is 0.100. The summed E-state index contributed by atoms with van der Waals surface area (Å²) in [4.78, 5) is 37.4. The first kappa shape index (κ1) is 22.6. The van der Waals surface area contributed by atoms with Crippen molar-refractivity contribution in [3.8, 4) is 0 Å². The number of hydrogen-bond acceptors (Lipinski definition) is 4. The molecule has 0 bridgehead atoms. The van der Waals surface area contributed by atoms with Crippen LogP contribution in [-0.4, -0.2) is 28.0 Å². The van der Waals surface area contributed by atoms with Crippen LogP contribution in [0.3, 0.4) is 0 Å². The number of rotatable bonds is 9. The Bertz CT molecular complexity index is 1020. The first-order valence-electron chi connectivity index (χ1n) is 11.9. The highest BCUT2D eigenvalue weighted by Crippen LogP contribution is 2.42. The Balaban J connectivity index is 1.56. The summed E-state index contributed by atoms with van der Waals surface area (Å²) < 4.78 is 1.98. The topological polar surface area (TPSA) is 71.7 Å². The first-order chi connectivity index (χ1) is 15.5. The number of likely N-dealkylation sites (tertiary alicyclic amines) is 1. The molecule has 1 aliphatic heterocycles. The summed E-state index contributed by atoms with van der Waals surface area (Å²) in [5.41, 5.74) is 3.91. The number of nitrogens with zero attached hydrogens (tertiary/aromatic N) is 3. The van der Waals surface area contributed by atoms with E-state index < -0.39 is 5.91 Å². The minimum Gasteiger partial charge on any atom is -0.311 e. The Labute approximate surface area is 189 Å². The normalized spacial score (nSPS) is 18.9. The van der Waals surface area contributed by atoms with E-state index in [2.05, 4.69) is 30.0 Å². The lowest BCUT2D eigenvalue weighted by atomic mass is 10.0. The van der Waals surface area contributed by atoms with Gasteiger partial charge >= 0.3 is 5.91 Å². The molecule has 1 aromatic carbocycles. The molecule has 1 atom stereocenters. The number of pyridine rings is 1. The molecule has 0 radical (unpaired) electrons. The molecule has 0 unspecified atom stereocenters. The van der Waals surface area contributed by atoms with E-state index in [1.54, 1.807) is 18.2 Å². The van der Waals surface area contributed by atoms with E-state index in [9.17, 15) is 14.5 Å². The average molecular weight is 436 g/mol. The van der Waals surface area contributed by atoms with Crippen LogP contribution in [-0.2, 0) is 19.5 Å². The van der Waals surface area contributed by atoms with E-state index in [1.165, 1.54) is 43.4 Å². The van der Waals surface area contributed by atoms with Crippen molar-refractivity contribution in [1.29, 1.82) is 0 Å². The van der Waals surface area contributed by atoms with Crippen molar-refractivity contribution in [2.45, 2.75) is 77.4 Å². The maximum atomic E-state index is 12.9. The molecule has 0 spiro atoms. The summed E-state index contributed by atoms with van der Waals surface area (Å²) in [6, 6.07) is 11.3. The summed E-state index contributed by atoms with van der Waals surface area (Å²) >= 11 is 0. The first-order valence-corrected chi connectivity index (χ1v) is 11.9. The predicted octanol–water partition coefficient (Wildman–Crippen LogP) is 4.89. The van der Waals surface area contributed by atoms with Crippen molar-refractivity contribution in [3.05, 3.63) is 74.0 Å². The SMILES string of the molecule is CC(C)C[C@H]1CCCN1Cc1c(C2CC2)ccc(=O)n1CCc1ccc(C(=O)N=O)cc1. The maximum Gasteiger partial charge on any atom is 0.316 e. The third-order valence-corrected chi connectivity index (χ3v) is 6.85. The average Bonchev–Trinajstić information content (AvgIpc) is 3.54. The molecule has 2 fully saturated rings. The van der Waals surface area contributed by atoms with Crippen LogP contribution in [0.5, 0.6) is 0 Å². The van der Waals surface area contributed by atoms with Gasteiger partial charge in [0.25, 0.3) is 5.56 Å². The summed E-state index contributed by atoms with van der Waals surface area (Å²) in [5.74, 6) is 0.503. The molecule has 1 aliphatic carbocycles. The smallest absolute Gasteiger partial charge is 0.311 e. The van der Waals surface area contributed by atoms with Crippen LogP contribution in [0.15, 0.2) is 46.4 Å². The van der Waals surface area contributed by atoms with Gasteiger partial charge in [-0.3, -0.25) is 14.5 Å². The van der Waals surface area contributed by atoms with Crippen molar-refractivity contribution in [2.24, 2.45) is 11.1 Å². The Morgan fingerprint density at radius 3 is 2.50 bits per heavy atom. The molecule has 2 aromatic rings. The van der Waals surface area contributed by atoms with E-state index >= 15 is 0 Å². The molecule has 6 nitrogen and oxygen atoms in total. The maximum absolute atomic E-state index is 12.9. The van der Waals surface area contributed by atoms with Crippen LogP contribution in [0.1, 0.15) is 79.0 Å². The monoisotopic (exact) mass is 435 g/mol. The standard InChI is InChI=1S/C26H33N3O3/c1-18(2)16-22-4-3-14-28(22)17-24-23(20-9-10-20)11-12-25(30)29(24)15-13-19-5-7-21(8-6-19)26(31)27-32/h5-8,11-12,18,20,22H,3-4,9-10,13-17H2,1-2H3/t22-/m1/s1. The van der Waals surface area contributed by atoms with Gasteiger partial charge in [-0.2, -0.15) is 0 Å². The van der Waals surface area contributed by atoms with Gasteiger partial charge in [0.15, 0.2) is 0 Å². The van der Waals surface area contributed by atoms with E-state index in [4.69, 9.17) is 0 Å². The van der Waals surface area contributed by atoms with Gasteiger partial charge < -0.3 is 4.57 Å². The van der Waals surface area contributed by atoms with Gasteiger partial charge in [0.1, 0.15) is 0 Å². The van der Waals surface area contributed by atoms with Gasteiger partial charge in [0.2, 0.25) is 0 Å². The zero-order chi connectivity index (χ0) is 22.7. The summed E-state index contributed by atoms with van der Waals surface area (Å²) in [6.45, 7) is 7.13. The Hall–Kier alpha value is -2.60. The number of carbonyl (C=O) groups excluding carboxylic acids is 1. The zero-order valence-corrected chi connectivity index (χ0v) is 19.1. The Kier molecular flexibility index (Phi) is 6.99. The largest absolute Gasteiger partial charge is 0.316 e. The van der Waals surface area contributed by atoms with Crippen LogP contribution >= 0.6 is 0 Å². The van der Waals surface area contributed by atoms with Crippen molar-refractivity contribution >= 4 is 5.91 Å². The van der Waals surface area contributed by atoms with Gasteiger partial charge in [-0.1, -0.05) is 32.0 Å². The van der Waals surface area contributed by atoms with Gasteiger partial charge in [-0.15, -0.1) is 4.91 Å². The molecule has 32 heavy (non-hydrogen) atoms. The highest BCUT2D eigenvalue weighted by atomic mass is 16.3. The predicted molar refractivity (Wildman–Crippen MR) is 126 cm³/mol. The fraction of sp³-hybridized carbons (Fsp3) is 0.538. The lowest BCUT2D eigenvalue weighted by Crippen LogP contribution is -2.34. The second-order valence-electron chi connectivity index (χ2n) is 9.74. The third kappa shape index (κ3) is 5.23. The van der Waals surface area contributed by atoms with Crippen LogP contribution in [0.25, 0.3) is 0 Å². The molecule has 2 aliphatic rings. The van der Waals surface area contributed by atoms with E-state index in [0.717, 1.165) is 18.7 Å². The molecular formula is C26H33N3O3. The molecule has 1 aromatic heterocycles. The molecule has 0 N–H and O–H groups in total. The molecule has 1 amide bonds. The summed E-state index contributed by atoms with van der Waals surface area (Å²) in [5, 5.41) is 2.47. The lowest BCUT2D eigenvalue weighted by Gasteiger charge is -2.28.